The number of ether oxygens (including phenoxy) is 1. The molecule has 1 unspecified atom stereocenters. The summed E-state index contributed by atoms with van der Waals surface area (Å²) in [6.07, 6.45) is 2.55. The molecule has 4 heteroatoms. The van der Waals surface area contributed by atoms with E-state index in [1.807, 2.05) is 24.3 Å². The van der Waals surface area contributed by atoms with Crippen LogP contribution < -0.4 is 10.1 Å². The van der Waals surface area contributed by atoms with E-state index in [0.717, 1.165) is 5.56 Å². The number of para-hydroxylation sites is 1. The van der Waals surface area contributed by atoms with Gasteiger partial charge in [0.2, 0.25) is 5.91 Å². The molecule has 0 aliphatic carbocycles. The normalized spacial score (nSPS) is 12.4. The summed E-state index contributed by atoms with van der Waals surface area (Å²) in [4.78, 5) is 11.4. The molecule has 0 saturated heterocycles. The predicted octanol–water partition coefficient (Wildman–Crippen LogP) is 1.21. The van der Waals surface area contributed by atoms with Gasteiger partial charge in [-0.25, -0.2) is 0 Å². The molecule has 0 aliphatic rings. The van der Waals surface area contributed by atoms with Crippen molar-refractivity contribution in [3.8, 4) is 5.75 Å². The van der Waals surface area contributed by atoms with Gasteiger partial charge in [0.25, 0.3) is 0 Å². The van der Waals surface area contributed by atoms with Crippen molar-refractivity contribution >= 4 is 12.0 Å². The van der Waals surface area contributed by atoms with E-state index in [4.69, 9.17) is 9.84 Å². The number of rotatable bonds is 5. The van der Waals surface area contributed by atoms with E-state index in [-0.39, 0.29) is 12.5 Å². The van der Waals surface area contributed by atoms with Crippen LogP contribution >= 0.6 is 0 Å². The van der Waals surface area contributed by atoms with Gasteiger partial charge in [0, 0.05) is 18.2 Å². The van der Waals surface area contributed by atoms with Crippen molar-refractivity contribution in [2.75, 3.05) is 13.7 Å². The van der Waals surface area contributed by atoms with Crippen LogP contribution in [-0.2, 0) is 4.79 Å². The summed E-state index contributed by atoms with van der Waals surface area (Å²) in [5, 5.41) is 11.6. The van der Waals surface area contributed by atoms with E-state index >= 15 is 0 Å². The molecule has 0 heterocycles. The number of aliphatic hydroxyl groups excluding tert-OH is 1. The number of hydrogen-bond donors (Lipinski definition) is 2. The Balaban J connectivity index is 2.60. The Morgan fingerprint density at radius 2 is 2.24 bits per heavy atom. The molecule has 1 rings (SSSR count). The second-order valence-electron chi connectivity index (χ2n) is 3.67. The quantitative estimate of drug-likeness (QED) is 0.754. The van der Waals surface area contributed by atoms with Gasteiger partial charge in [0.05, 0.1) is 13.2 Å². The van der Waals surface area contributed by atoms with Crippen LogP contribution in [0, 0.1) is 0 Å². The molecule has 1 aromatic rings. The van der Waals surface area contributed by atoms with Crippen LogP contribution in [0.25, 0.3) is 6.08 Å². The van der Waals surface area contributed by atoms with Gasteiger partial charge in [-0.3, -0.25) is 4.79 Å². The molecule has 1 atom stereocenters. The fraction of sp³-hybridized carbons (Fsp3) is 0.308. The first-order valence-corrected chi connectivity index (χ1v) is 5.40. The van der Waals surface area contributed by atoms with Crippen LogP contribution in [0.4, 0.5) is 0 Å². The van der Waals surface area contributed by atoms with Crippen molar-refractivity contribution in [1.29, 1.82) is 0 Å². The number of aliphatic hydroxyl groups is 1. The lowest BCUT2D eigenvalue weighted by Crippen LogP contribution is -2.28. The molecule has 0 bridgehead atoms. The summed E-state index contributed by atoms with van der Waals surface area (Å²) in [7, 11) is 1.58. The van der Waals surface area contributed by atoms with Gasteiger partial charge in [-0.05, 0) is 19.1 Å². The van der Waals surface area contributed by atoms with Crippen molar-refractivity contribution in [3.63, 3.8) is 0 Å². The average molecular weight is 235 g/mol. The molecule has 0 spiro atoms. The van der Waals surface area contributed by atoms with Crippen LogP contribution in [0.15, 0.2) is 30.3 Å². The maximum Gasteiger partial charge on any atom is 0.244 e. The number of hydrogen-bond acceptors (Lipinski definition) is 3. The highest BCUT2D eigenvalue weighted by Gasteiger charge is 2.00. The fourth-order valence-corrected chi connectivity index (χ4v) is 1.28. The number of methoxy groups -OCH3 is 1. The highest BCUT2D eigenvalue weighted by molar-refractivity contribution is 5.92. The molecule has 1 aromatic carbocycles. The molecule has 0 saturated carbocycles. The number of amides is 1. The second kappa shape index (κ2) is 6.70. The lowest BCUT2D eigenvalue weighted by Gasteiger charge is -2.05. The van der Waals surface area contributed by atoms with Crippen molar-refractivity contribution in [2.24, 2.45) is 0 Å². The smallest absolute Gasteiger partial charge is 0.244 e. The summed E-state index contributed by atoms with van der Waals surface area (Å²) < 4.78 is 5.15. The van der Waals surface area contributed by atoms with E-state index in [0.29, 0.717) is 5.75 Å². The van der Waals surface area contributed by atoms with Crippen molar-refractivity contribution in [3.05, 3.63) is 35.9 Å². The summed E-state index contributed by atoms with van der Waals surface area (Å²) in [5.74, 6) is 0.476. The Morgan fingerprint density at radius 3 is 2.88 bits per heavy atom. The Hall–Kier alpha value is -1.81. The van der Waals surface area contributed by atoms with Gasteiger partial charge in [-0.2, -0.15) is 0 Å². The SMILES string of the molecule is COc1ccccc1/C=C/C(=O)NCC(C)O. The molecule has 4 nitrogen and oxygen atoms in total. The monoisotopic (exact) mass is 235 g/mol. The van der Waals surface area contributed by atoms with Gasteiger partial charge >= 0.3 is 0 Å². The van der Waals surface area contributed by atoms with Crippen LogP contribution in [-0.4, -0.2) is 30.8 Å². The van der Waals surface area contributed by atoms with Crippen LogP contribution in [0.2, 0.25) is 0 Å². The third-order valence-electron chi connectivity index (χ3n) is 2.12. The van der Waals surface area contributed by atoms with Crippen molar-refractivity contribution < 1.29 is 14.6 Å². The first-order chi connectivity index (χ1) is 8.13. The maximum atomic E-state index is 11.4. The lowest BCUT2D eigenvalue weighted by atomic mass is 10.2. The van der Waals surface area contributed by atoms with E-state index in [2.05, 4.69) is 5.32 Å². The Labute approximate surface area is 101 Å². The van der Waals surface area contributed by atoms with Gasteiger partial charge in [0.15, 0.2) is 0 Å². The Bertz CT molecular complexity index is 399. The number of nitrogens with one attached hydrogen (secondary N) is 1. The average Bonchev–Trinajstić information content (AvgIpc) is 2.34. The zero-order valence-electron chi connectivity index (χ0n) is 10.0. The standard InChI is InChI=1S/C13H17NO3/c1-10(15)9-14-13(16)8-7-11-5-3-4-6-12(11)17-2/h3-8,10,15H,9H2,1-2H3,(H,14,16)/b8-7+. The predicted molar refractivity (Wildman–Crippen MR) is 66.7 cm³/mol. The Morgan fingerprint density at radius 1 is 1.53 bits per heavy atom. The summed E-state index contributed by atoms with van der Waals surface area (Å²) in [6, 6.07) is 7.42. The summed E-state index contributed by atoms with van der Waals surface area (Å²) in [6.45, 7) is 1.86. The summed E-state index contributed by atoms with van der Waals surface area (Å²) in [5.41, 5.74) is 0.835. The highest BCUT2D eigenvalue weighted by atomic mass is 16.5. The van der Waals surface area contributed by atoms with Gasteiger partial charge in [0.1, 0.15) is 5.75 Å². The van der Waals surface area contributed by atoms with Crippen molar-refractivity contribution in [1.82, 2.24) is 5.32 Å². The molecule has 1 amide bonds. The molecule has 92 valence electrons. The van der Waals surface area contributed by atoms with Gasteiger partial charge in [-0.15, -0.1) is 0 Å². The molecular formula is C13H17NO3. The number of carbonyl (C=O) groups excluding carboxylic acids is 1. The summed E-state index contributed by atoms with van der Waals surface area (Å²) >= 11 is 0. The minimum Gasteiger partial charge on any atom is -0.496 e. The third kappa shape index (κ3) is 4.70. The zero-order valence-corrected chi connectivity index (χ0v) is 10.0. The second-order valence-corrected chi connectivity index (χ2v) is 3.67. The molecule has 2 N–H and O–H groups in total. The van der Waals surface area contributed by atoms with Crippen molar-refractivity contribution in [2.45, 2.75) is 13.0 Å². The van der Waals surface area contributed by atoms with Gasteiger partial charge < -0.3 is 15.2 Å². The molecule has 0 aliphatic heterocycles. The van der Waals surface area contributed by atoms with Crippen LogP contribution in [0.1, 0.15) is 12.5 Å². The van der Waals surface area contributed by atoms with E-state index in [1.54, 1.807) is 20.1 Å². The molecular weight excluding hydrogens is 218 g/mol. The fourth-order valence-electron chi connectivity index (χ4n) is 1.28. The molecule has 0 aromatic heterocycles. The number of benzene rings is 1. The largest absolute Gasteiger partial charge is 0.496 e. The topological polar surface area (TPSA) is 58.6 Å². The highest BCUT2D eigenvalue weighted by Crippen LogP contribution is 2.18. The zero-order chi connectivity index (χ0) is 12.7. The van der Waals surface area contributed by atoms with E-state index in [1.165, 1.54) is 6.08 Å². The first-order valence-electron chi connectivity index (χ1n) is 5.40. The Kier molecular flexibility index (Phi) is 5.23. The third-order valence-corrected chi connectivity index (χ3v) is 2.12. The minimum absolute atomic E-state index is 0.239. The maximum absolute atomic E-state index is 11.4. The first kappa shape index (κ1) is 13.3. The lowest BCUT2D eigenvalue weighted by molar-refractivity contribution is -0.116. The van der Waals surface area contributed by atoms with Gasteiger partial charge in [-0.1, -0.05) is 18.2 Å². The van der Waals surface area contributed by atoms with Crippen LogP contribution in [0.3, 0.4) is 0 Å². The van der Waals surface area contributed by atoms with Crippen LogP contribution in [0.5, 0.6) is 5.75 Å². The van der Waals surface area contributed by atoms with E-state index < -0.39 is 6.10 Å². The molecule has 0 fully saturated rings. The molecule has 0 radical (unpaired) electrons. The minimum atomic E-state index is -0.543. The van der Waals surface area contributed by atoms with E-state index in [9.17, 15) is 4.79 Å². The number of carbonyl (C=O) groups is 1. The molecule has 17 heavy (non-hydrogen) atoms.